The van der Waals surface area contributed by atoms with Crippen LogP contribution in [0.3, 0.4) is 0 Å². The average molecular weight is 425 g/mol. The van der Waals surface area contributed by atoms with Crippen LogP contribution in [0.25, 0.3) is 0 Å². The molecule has 0 aliphatic carbocycles. The Labute approximate surface area is 177 Å². The van der Waals surface area contributed by atoms with Crippen molar-refractivity contribution < 1.29 is 17.9 Å². The monoisotopic (exact) mass is 424 g/mol. The van der Waals surface area contributed by atoms with E-state index in [0.29, 0.717) is 29.1 Å². The van der Waals surface area contributed by atoms with Gasteiger partial charge < -0.3 is 9.64 Å². The molecule has 0 spiro atoms. The van der Waals surface area contributed by atoms with Gasteiger partial charge in [-0.2, -0.15) is 0 Å². The van der Waals surface area contributed by atoms with Crippen molar-refractivity contribution in [3.63, 3.8) is 0 Å². The minimum Gasteiger partial charge on any atom is -0.495 e. The molecule has 3 aromatic rings. The van der Waals surface area contributed by atoms with Crippen LogP contribution in [0.2, 0.25) is 0 Å². The Morgan fingerprint density at radius 1 is 1.00 bits per heavy atom. The number of carbonyl (C=O) groups excluding carboxylic acids is 1. The molecule has 0 saturated carbocycles. The summed E-state index contributed by atoms with van der Waals surface area (Å²) in [6.45, 7) is 2.21. The Morgan fingerprint density at radius 3 is 2.37 bits per heavy atom. The fraction of sp³-hybridized carbons (Fsp3) is 0.174. The Morgan fingerprint density at radius 2 is 1.67 bits per heavy atom. The van der Waals surface area contributed by atoms with Crippen molar-refractivity contribution in [3.8, 4) is 5.75 Å². The van der Waals surface area contributed by atoms with E-state index < -0.39 is 10.0 Å². The number of aryl methyl sites for hydroxylation is 1. The van der Waals surface area contributed by atoms with E-state index in [4.69, 9.17) is 4.74 Å². The maximum absolute atomic E-state index is 13.0. The van der Waals surface area contributed by atoms with Crippen LogP contribution in [-0.4, -0.2) is 33.4 Å². The number of para-hydroxylation sites is 2. The number of sulfonamides is 1. The number of amides is 1. The van der Waals surface area contributed by atoms with E-state index in [1.807, 2.05) is 30.3 Å². The highest BCUT2D eigenvalue weighted by molar-refractivity contribution is 7.92. The van der Waals surface area contributed by atoms with E-state index in [2.05, 4.69) is 4.72 Å². The van der Waals surface area contributed by atoms with Crippen LogP contribution in [-0.2, 0) is 16.6 Å². The number of ether oxygens (including phenoxy) is 1. The number of nitrogens with zero attached hydrogens (tertiary/aromatic N) is 1. The van der Waals surface area contributed by atoms with Crippen molar-refractivity contribution in [2.45, 2.75) is 18.4 Å². The molecule has 0 fully saturated rings. The van der Waals surface area contributed by atoms with Gasteiger partial charge in [0.25, 0.3) is 15.9 Å². The van der Waals surface area contributed by atoms with E-state index in [9.17, 15) is 13.2 Å². The lowest BCUT2D eigenvalue weighted by molar-refractivity contribution is 0.0784. The van der Waals surface area contributed by atoms with Crippen LogP contribution >= 0.6 is 0 Å². The van der Waals surface area contributed by atoms with Crippen LogP contribution in [0, 0.1) is 6.92 Å². The summed E-state index contributed by atoms with van der Waals surface area (Å²) in [4.78, 5) is 14.6. The van der Waals surface area contributed by atoms with Crippen LogP contribution in [0.4, 0.5) is 5.69 Å². The minimum absolute atomic E-state index is 0.00969. The summed E-state index contributed by atoms with van der Waals surface area (Å²) >= 11 is 0. The Kier molecular flexibility index (Phi) is 6.42. The van der Waals surface area contributed by atoms with E-state index in [0.717, 1.165) is 5.56 Å². The Bertz CT molecular complexity index is 1140. The van der Waals surface area contributed by atoms with E-state index in [1.165, 1.54) is 19.2 Å². The van der Waals surface area contributed by atoms with Crippen LogP contribution in [0.15, 0.2) is 77.7 Å². The van der Waals surface area contributed by atoms with E-state index >= 15 is 0 Å². The fourth-order valence-electron chi connectivity index (χ4n) is 3.07. The van der Waals surface area contributed by atoms with Gasteiger partial charge in [-0.1, -0.05) is 48.5 Å². The zero-order valence-electron chi connectivity index (χ0n) is 17.1. The minimum atomic E-state index is -3.90. The maximum atomic E-state index is 13.0. The standard InChI is InChI=1S/C23H24N2O4S/c1-17-13-14-19(30(27,28)24-21-11-7-8-12-22(21)29-3)15-20(17)23(26)25(2)16-18-9-5-4-6-10-18/h4-15,24H,16H2,1-3H3. The number of rotatable bonds is 7. The third kappa shape index (κ3) is 4.80. The second kappa shape index (κ2) is 9.00. The molecule has 0 aliphatic heterocycles. The molecule has 0 atom stereocenters. The smallest absolute Gasteiger partial charge is 0.262 e. The van der Waals surface area contributed by atoms with Gasteiger partial charge in [-0.05, 0) is 42.3 Å². The molecular weight excluding hydrogens is 400 g/mol. The SMILES string of the molecule is COc1ccccc1NS(=O)(=O)c1ccc(C)c(C(=O)N(C)Cc2ccccc2)c1. The third-order valence-corrected chi connectivity index (χ3v) is 6.07. The van der Waals surface area contributed by atoms with Gasteiger partial charge in [-0.3, -0.25) is 9.52 Å². The lowest BCUT2D eigenvalue weighted by Gasteiger charge is -2.19. The Balaban J connectivity index is 1.87. The van der Waals surface area contributed by atoms with Gasteiger partial charge in [0.15, 0.2) is 0 Å². The molecule has 0 unspecified atom stereocenters. The summed E-state index contributed by atoms with van der Waals surface area (Å²) in [5.74, 6) is 0.165. The lowest BCUT2D eigenvalue weighted by Crippen LogP contribution is -2.27. The van der Waals surface area contributed by atoms with Gasteiger partial charge >= 0.3 is 0 Å². The molecule has 7 heteroatoms. The Hall–Kier alpha value is -3.32. The van der Waals surface area contributed by atoms with Crippen molar-refractivity contribution in [2.24, 2.45) is 0 Å². The van der Waals surface area contributed by atoms with Crippen LogP contribution in [0.5, 0.6) is 5.75 Å². The lowest BCUT2D eigenvalue weighted by atomic mass is 10.1. The number of methoxy groups -OCH3 is 1. The first-order chi connectivity index (χ1) is 14.3. The van der Waals surface area contributed by atoms with Crippen molar-refractivity contribution >= 4 is 21.6 Å². The molecule has 0 radical (unpaired) electrons. The predicted octanol–water partition coefficient (Wildman–Crippen LogP) is 4.08. The van der Waals surface area contributed by atoms with Crippen molar-refractivity contribution in [3.05, 3.63) is 89.5 Å². The zero-order valence-corrected chi connectivity index (χ0v) is 17.9. The predicted molar refractivity (Wildman–Crippen MR) is 117 cm³/mol. The van der Waals surface area contributed by atoms with Crippen molar-refractivity contribution in [2.75, 3.05) is 18.9 Å². The van der Waals surface area contributed by atoms with Gasteiger partial charge in [0.1, 0.15) is 5.75 Å². The van der Waals surface area contributed by atoms with E-state index in [1.54, 1.807) is 49.2 Å². The molecule has 156 valence electrons. The van der Waals surface area contributed by atoms with Gasteiger partial charge in [-0.15, -0.1) is 0 Å². The first-order valence-corrected chi connectivity index (χ1v) is 10.9. The summed E-state index contributed by atoms with van der Waals surface area (Å²) in [6, 6.07) is 20.9. The molecule has 30 heavy (non-hydrogen) atoms. The quantitative estimate of drug-likeness (QED) is 0.620. The molecule has 6 nitrogen and oxygen atoms in total. The normalized spacial score (nSPS) is 11.0. The highest BCUT2D eigenvalue weighted by atomic mass is 32.2. The fourth-order valence-corrected chi connectivity index (χ4v) is 4.16. The highest BCUT2D eigenvalue weighted by Crippen LogP contribution is 2.27. The third-order valence-electron chi connectivity index (χ3n) is 4.71. The maximum Gasteiger partial charge on any atom is 0.262 e. The number of anilines is 1. The summed E-state index contributed by atoms with van der Waals surface area (Å²) < 4.78 is 33.6. The average Bonchev–Trinajstić information content (AvgIpc) is 2.74. The second-order valence-electron chi connectivity index (χ2n) is 6.93. The summed E-state index contributed by atoms with van der Waals surface area (Å²) in [5.41, 5.74) is 2.37. The first kappa shape index (κ1) is 21.4. The number of nitrogens with one attached hydrogen (secondary N) is 1. The topological polar surface area (TPSA) is 75.7 Å². The van der Waals surface area contributed by atoms with Gasteiger partial charge in [-0.25, -0.2) is 8.42 Å². The largest absolute Gasteiger partial charge is 0.495 e. The first-order valence-electron chi connectivity index (χ1n) is 9.37. The molecule has 3 aromatic carbocycles. The highest BCUT2D eigenvalue weighted by Gasteiger charge is 2.21. The molecular formula is C23H24N2O4S. The number of carbonyl (C=O) groups is 1. The molecule has 1 N–H and O–H groups in total. The molecule has 1 amide bonds. The summed E-state index contributed by atoms with van der Waals surface area (Å²) in [5, 5.41) is 0. The van der Waals surface area contributed by atoms with E-state index in [-0.39, 0.29) is 10.8 Å². The number of hydrogen-bond acceptors (Lipinski definition) is 4. The molecule has 0 aliphatic rings. The molecule has 0 bridgehead atoms. The van der Waals surface area contributed by atoms with Crippen LogP contribution in [0.1, 0.15) is 21.5 Å². The van der Waals surface area contributed by atoms with Gasteiger partial charge in [0, 0.05) is 19.2 Å². The second-order valence-corrected chi connectivity index (χ2v) is 8.61. The van der Waals surface area contributed by atoms with Crippen molar-refractivity contribution in [1.82, 2.24) is 4.90 Å². The summed E-state index contributed by atoms with van der Waals surface area (Å²) in [7, 11) is -0.736. The summed E-state index contributed by atoms with van der Waals surface area (Å²) in [6.07, 6.45) is 0. The van der Waals surface area contributed by atoms with Gasteiger partial charge in [0.2, 0.25) is 0 Å². The number of benzene rings is 3. The molecule has 3 rings (SSSR count). The molecule has 0 aromatic heterocycles. The molecule has 0 heterocycles. The van der Waals surface area contributed by atoms with Crippen LogP contribution < -0.4 is 9.46 Å². The zero-order chi connectivity index (χ0) is 21.7. The number of hydrogen-bond donors (Lipinski definition) is 1. The van der Waals surface area contributed by atoms with Crippen molar-refractivity contribution in [1.29, 1.82) is 0 Å². The van der Waals surface area contributed by atoms with Gasteiger partial charge in [0.05, 0.1) is 17.7 Å². The molecule has 0 saturated heterocycles.